The third-order valence-corrected chi connectivity index (χ3v) is 4.91. The van der Waals surface area contributed by atoms with Gasteiger partial charge in [-0.3, -0.25) is 0 Å². The molecule has 2 N–H and O–H groups in total. The summed E-state index contributed by atoms with van der Waals surface area (Å²) in [5.41, 5.74) is 4.07. The van der Waals surface area contributed by atoms with Gasteiger partial charge in [0.1, 0.15) is 5.82 Å². The Labute approximate surface area is 151 Å². The summed E-state index contributed by atoms with van der Waals surface area (Å²) in [5.74, 6) is 0.942. The minimum absolute atomic E-state index is 0.177. The zero-order valence-electron chi connectivity index (χ0n) is 14.1. The first-order valence-corrected chi connectivity index (χ1v) is 9.00. The number of hydrogen-bond acceptors (Lipinski definition) is 4. The van der Waals surface area contributed by atoms with Crippen molar-refractivity contribution in [1.29, 1.82) is 0 Å². The number of rotatable bonds is 5. The topological polar surface area (TPSA) is 62.5 Å². The van der Waals surface area contributed by atoms with E-state index in [9.17, 15) is 5.11 Å². The zero-order chi connectivity index (χ0) is 17.4. The molecule has 0 unspecified atom stereocenters. The maximum atomic E-state index is 9.48. The van der Waals surface area contributed by atoms with Crippen molar-refractivity contribution in [2.45, 2.75) is 44.8 Å². The van der Waals surface area contributed by atoms with Gasteiger partial charge < -0.3 is 10.4 Å². The molecule has 0 spiro atoms. The van der Waals surface area contributed by atoms with E-state index in [4.69, 9.17) is 16.7 Å². The van der Waals surface area contributed by atoms with Gasteiger partial charge in [0, 0.05) is 28.9 Å². The summed E-state index contributed by atoms with van der Waals surface area (Å²) in [4.78, 5) is 4.58. The van der Waals surface area contributed by atoms with Gasteiger partial charge in [-0.05, 0) is 50.3 Å². The normalized spacial score (nSPS) is 19.8. The van der Waals surface area contributed by atoms with Crippen molar-refractivity contribution in [1.82, 2.24) is 14.6 Å². The van der Waals surface area contributed by atoms with E-state index in [1.165, 1.54) is 5.56 Å². The van der Waals surface area contributed by atoms with Crippen molar-refractivity contribution >= 4 is 23.1 Å². The number of nitrogens with one attached hydrogen (secondary N) is 1. The highest BCUT2D eigenvalue weighted by Crippen LogP contribution is 2.25. The summed E-state index contributed by atoms with van der Waals surface area (Å²) in [5, 5.41) is 18.4. The Morgan fingerprint density at radius 3 is 2.68 bits per heavy atom. The van der Waals surface area contributed by atoms with Crippen LogP contribution in [0.15, 0.2) is 36.4 Å². The molecule has 25 heavy (non-hydrogen) atoms. The number of fused-ring (bicyclic) bond motifs is 1. The number of halogens is 1. The first-order valence-electron chi connectivity index (χ1n) is 8.62. The van der Waals surface area contributed by atoms with E-state index in [-0.39, 0.29) is 6.10 Å². The lowest BCUT2D eigenvalue weighted by atomic mass is 9.89. The molecular weight excluding hydrogens is 336 g/mol. The molecule has 6 heteroatoms. The molecule has 2 heterocycles. The molecule has 0 radical (unpaired) electrons. The molecule has 0 amide bonds. The van der Waals surface area contributed by atoms with Gasteiger partial charge >= 0.3 is 0 Å². The minimum atomic E-state index is -0.177. The highest BCUT2D eigenvalue weighted by atomic mass is 35.5. The Kier molecular flexibility index (Phi) is 4.36. The molecule has 4 rings (SSSR count). The van der Waals surface area contributed by atoms with Crippen LogP contribution in [-0.4, -0.2) is 31.9 Å². The lowest BCUT2D eigenvalue weighted by Gasteiger charge is -2.32. The van der Waals surface area contributed by atoms with Gasteiger partial charge in [-0.1, -0.05) is 23.7 Å². The number of anilines is 1. The molecule has 1 aliphatic carbocycles. The SMILES string of the molecule is Cc1cc(N[C@H]2C[C@@H](O)C2)n2nc(CCc3ccc(Cl)cc3)cc2n1. The molecule has 1 saturated carbocycles. The van der Waals surface area contributed by atoms with Crippen LogP contribution < -0.4 is 5.32 Å². The lowest BCUT2D eigenvalue weighted by molar-refractivity contribution is 0.0834. The first-order chi connectivity index (χ1) is 12.1. The van der Waals surface area contributed by atoms with Crippen molar-refractivity contribution in [2.24, 2.45) is 0 Å². The largest absolute Gasteiger partial charge is 0.393 e. The van der Waals surface area contributed by atoms with E-state index in [1.807, 2.05) is 35.7 Å². The number of nitrogens with zero attached hydrogens (tertiary/aromatic N) is 3. The molecule has 5 nitrogen and oxygen atoms in total. The van der Waals surface area contributed by atoms with E-state index < -0.39 is 0 Å². The molecule has 130 valence electrons. The molecule has 1 fully saturated rings. The third kappa shape index (κ3) is 3.62. The minimum Gasteiger partial charge on any atom is -0.393 e. The summed E-state index contributed by atoms with van der Waals surface area (Å²) in [6.07, 6.45) is 3.16. The summed E-state index contributed by atoms with van der Waals surface area (Å²) in [6.45, 7) is 1.99. The van der Waals surface area contributed by atoms with Crippen molar-refractivity contribution in [3.05, 3.63) is 58.4 Å². The van der Waals surface area contributed by atoms with E-state index in [1.54, 1.807) is 0 Å². The van der Waals surface area contributed by atoms with Gasteiger partial charge in [0.25, 0.3) is 0 Å². The van der Waals surface area contributed by atoms with Gasteiger partial charge in [0.15, 0.2) is 5.65 Å². The lowest BCUT2D eigenvalue weighted by Crippen LogP contribution is -2.39. The highest BCUT2D eigenvalue weighted by Gasteiger charge is 2.27. The molecular formula is C19H21ClN4O. The Hall–Kier alpha value is -2.11. The molecule has 0 aliphatic heterocycles. The van der Waals surface area contributed by atoms with Gasteiger partial charge in [-0.15, -0.1) is 0 Å². The molecule has 0 bridgehead atoms. The van der Waals surface area contributed by atoms with Gasteiger partial charge in [-0.2, -0.15) is 9.61 Å². The summed E-state index contributed by atoms with van der Waals surface area (Å²) in [6, 6.07) is 12.3. The van der Waals surface area contributed by atoms with Crippen LogP contribution in [0.25, 0.3) is 5.65 Å². The third-order valence-electron chi connectivity index (χ3n) is 4.65. The molecule has 3 aromatic rings. The van der Waals surface area contributed by atoms with E-state index in [0.29, 0.717) is 6.04 Å². The number of benzene rings is 1. The standard InChI is InChI=1S/C19H21ClN4O/c1-12-8-18(22-16-9-17(25)10-16)24-19(21-12)11-15(23-24)7-4-13-2-5-14(20)6-3-13/h2-3,5-6,8,11,16-17,22,25H,4,7,9-10H2,1H3/t16-,17+. The van der Waals surface area contributed by atoms with E-state index in [0.717, 1.165) is 53.6 Å². The number of aliphatic hydroxyl groups excluding tert-OH is 1. The Bertz CT molecular complexity index is 884. The Balaban J connectivity index is 1.53. The fourth-order valence-corrected chi connectivity index (χ4v) is 3.34. The van der Waals surface area contributed by atoms with E-state index in [2.05, 4.69) is 22.4 Å². The Morgan fingerprint density at radius 2 is 1.96 bits per heavy atom. The average molecular weight is 357 g/mol. The molecule has 2 aromatic heterocycles. The average Bonchev–Trinajstić information content (AvgIpc) is 2.96. The highest BCUT2D eigenvalue weighted by molar-refractivity contribution is 6.30. The second kappa shape index (κ2) is 6.65. The second-order valence-electron chi connectivity index (χ2n) is 6.78. The summed E-state index contributed by atoms with van der Waals surface area (Å²) >= 11 is 5.94. The molecule has 0 saturated heterocycles. The molecule has 0 atom stereocenters. The maximum absolute atomic E-state index is 9.48. The Morgan fingerprint density at radius 1 is 1.20 bits per heavy atom. The van der Waals surface area contributed by atoms with Crippen molar-refractivity contribution in [3.8, 4) is 0 Å². The fourth-order valence-electron chi connectivity index (χ4n) is 3.21. The van der Waals surface area contributed by atoms with E-state index >= 15 is 0 Å². The van der Waals surface area contributed by atoms with Crippen LogP contribution in [0.4, 0.5) is 5.82 Å². The number of aliphatic hydroxyl groups is 1. The van der Waals surface area contributed by atoms with Gasteiger partial charge in [0.05, 0.1) is 11.8 Å². The quantitative estimate of drug-likeness (QED) is 0.735. The predicted octanol–water partition coefficient (Wildman–Crippen LogP) is 3.41. The molecule has 1 aromatic carbocycles. The van der Waals surface area contributed by atoms with Crippen LogP contribution in [0.2, 0.25) is 5.02 Å². The number of hydrogen-bond donors (Lipinski definition) is 2. The summed E-state index contributed by atoms with van der Waals surface area (Å²) < 4.78 is 1.87. The molecule has 1 aliphatic rings. The first kappa shape index (κ1) is 16.4. The second-order valence-corrected chi connectivity index (χ2v) is 7.22. The fraction of sp³-hybridized carbons (Fsp3) is 0.368. The smallest absolute Gasteiger partial charge is 0.157 e. The van der Waals surface area contributed by atoms with Crippen LogP contribution in [0.1, 0.15) is 29.8 Å². The monoisotopic (exact) mass is 356 g/mol. The van der Waals surface area contributed by atoms with Crippen LogP contribution in [0, 0.1) is 6.92 Å². The zero-order valence-corrected chi connectivity index (χ0v) is 14.9. The van der Waals surface area contributed by atoms with Crippen LogP contribution in [0.5, 0.6) is 0 Å². The number of aryl methyl sites for hydroxylation is 3. The van der Waals surface area contributed by atoms with Gasteiger partial charge in [-0.25, -0.2) is 4.98 Å². The van der Waals surface area contributed by atoms with Crippen molar-refractivity contribution < 1.29 is 5.11 Å². The van der Waals surface area contributed by atoms with Gasteiger partial charge in [0.2, 0.25) is 0 Å². The summed E-state index contributed by atoms with van der Waals surface area (Å²) in [7, 11) is 0. The number of aromatic nitrogens is 3. The van der Waals surface area contributed by atoms with Crippen molar-refractivity contribution in [2.75, 3.05) is 5.32 Å². The van der Waals surface area contributed by atoms with Crippen molar-refractivity contribution in [3.63, 3.8) is 0 Å². The van der Waals surface area contributed by atoms with Crippen LogP contribution >= 0.6 is 11.6 Å². The van der Waals surface area contributed by atoms with Crippen LogP contribution in [-0.2, 0) is 12.8 Å². The predicted molar refractivity (Wildman–Crippen MR) is 99.2 cm³/mol. The maximum Gasteiger partial charge on any atom is 0.157 e. The van der Waals surface area contributed by atoms with Crippen LogP contribution in [0.3, 0.4) is 0 Å².